The minimum Gasteiger partial charge on any atom is -0.480 e. The summed E-state index contributed by atoms with van der Waals surface area (Å²) in [5.74, 6) is 0.334. The molecular weight excluding hydrogens is 252 g/mol. The first-order chi connectivity index (χ1) is 9.24. The molecule has 1 amide bonds. The van der Waals surface area contributed by atoms with E-state index in [1.54, 1.807) is 0 Å². The van der Waals surface area contributed by atoms with Crippen LogP contribution in [0.1, 0.15) is 45.2 Å². The minimum atomic E-state index is -0.579. The highest BCUT2D eigenvalue weighted by atomic mass is 16.5. The second-order valence-corrected chi connectivity index (χ2v) is 6.08. The van der Waals surface area contributed by atoms with Gasteiger partial charge in [-0.2, -0.15) is 0 Å². The Morgan fingerprint density at radius 1 is 1.40 bits per heavy atom. The van der Waals surface area contributed by atoms with Crippen molar-refractivity contribution in [3.8, 4) is 5.75 Å². The maximum atomic E-state index is 11.4. The molecule has 3 N–H and O–H groups in total. The largest absolute Gasteiger partial charge is 0.480 e. The lowest BCUT2D eigenvalue weighted by atomic mass is 10.1. The molecule has 0 radical (unpaired) electrons. The molecule has 0 aliphatic rings. The fourth-order valence-electron chi connectivity index (χ4n) is 1.87. The minimum absolute atomic E-state index is 0.0227. The van der Waals surface area contributed by atoms with Crippen molar-refractivity contribution in [3.05, 3.63) is 29.3 Å². The number of carbonyl (C=O) groups excluding carboxylic acids is 1. The molecule has 1 rings (SSSR count). The Labute approximate surface area is 121 Å². The summed E-state index contributed by atoms with van der Waals surface area (Å²) in [6.07, 6.45) is -0.0139. The molecule has 112 valence electrons. The second kappa shape index (κ2) is 6.75. The van der Waals surface area contributed by atoms with E-state index in [-0.39, 0.29) is 5.54 Å². The quantitative estimate of drug-likeness (QED) is 0.840. The van der Waals surface area contributed by atoms with Crippen LogP contribution >= 0.6 is 0 Å². The van der Waals surface area contributed by atoms with Crippen molar-refractivity contribution in [1.82, 2.24) is 5.32 Å². The first kappa shape index (κ1) is 16.5. The SMILES string of the molecule is CCC(Oc1c(C)cccc1CNC(C)(C)C)C(N)=O. The van der Waals surface area contributed by atoms with Gasteiger partial charge in [0.1, 0.15) is 5.75 Å². The third kappa shape index (κ3) is 4.85. The predicted octanol–water partition coefficient (Wildman–Crippen LogP) is 2.53. The fraction of sp³-hybridized carbons (Fsp3) is 0.562. The smallest absolute Gasteiger partial charge is 0.258 e. The predicted molar refractivity (Wildman–Crippen MR) is 81.7 cm³/mol. The third-order valence-corrected chi connectivity index (χ3v) is 3.05. The fourth-order valence-corrected chi connectivity index (χ4v) is 1.87. The molecule has 0 spiro atoms. The van der Waals surface area contributed by atoms with Gasteiger partial charge in [0.25, 0.3) is 5.91 Å². The van der Waals surface area contributed by atoms with Crippen molar-refractivity contribution in [2.24, 2.45) is 5.73 Å². The zero-order valence-corrected chi connectivity index (χ0v) is 13.1. The number of para-hydroxylation sites is 1. The first-order valence-corrected chi connectivity index (χ1v) is 7.04. The lowest BCUT2D eigenvalue weighted by Gasteiger charge is -2.23. The second-order valence-electron chi connectivity index (χ2n) is 6.08. The van der Waals surface area contributed by atoms with E-state index in [1.807, 2.05) is 32.0 Å². The standard InChI is InChI=1S/C16H26N2O2/c1-6-13(15(17)19)20-14-11(2)8-7-9-12(14)10-18-16(3,4)5/h7-9,13,18H,6,10H2,1-5H3,(H2,17,19). The molecular formula is C16H26N2O2. The molecule has 4 nitrogen and oxygen atoms in total. The van der Waals surface area contributed by atoms with Gasteiger partial charge >= 0.3 is 0 Å². The summed E-state index contributed by atoms with van der Waals surface area (Å²) in [7, 11) is 0. The summed E-state index contributed by atoms with van der Waals surface area (Å²) >= 11 is 0. The topological polar surface area (TPSA) is 64.3 Å². The van der Waals surface area contributed by atoms with Crippen LogP contribution in [0, 0.1) is 6.92 Å². The van der Waals surface area contributed by atoms with Crippen LogP contribution in [0.3, 0.4) is 0 Å². The van der Waals surface area contributed by atoms with Crippen LogP contribution in [0.25, 0.3) is 0 Å². The Kier molecular flexibility index (Phi) is 5.57. The molecule has 0 saturated carbocycles. The molecule has 1 atom stereocenters. The molecule has 0 fully saturated rings. The zero-order valence-electron chi connectivity index (χ0n) is 13.1. The van der Waals surface area contributed by atoms with Crippen LogP contribution < -0.4 is 15.8 Å². The average Bonchev–Trinajstić information content (AvgIpc) is 2.33. The summed E-state index contributed by atoms with van der Waals surface area (Å²) in [5, 5.41) is 3.43. The van der Waals surface area contributed by atoms with E-state index in [0.29, 0.717) is 13.0 Å². The van der Waals surface area contributed by atoms with Crippen molar-refractivity contribution < 1.29 is 9.53 Å². The highest BCUT2D eigenvalue weighted by molar-refractivity contribution is 5.79. The maximum absolute atomic E-state index is 11.4. The molecule has 0 heterocycles. The van der Waals surface area contributed by atoms with Crippen molar-refractivity contribution in [2.45, 2.75) is 59.2 Å². The van der Waals surface area contributed by atoms with E-state index >= 15 is 0 Å². The van der Waals surface area contributed by atoms with Gasteiger partial charge in [0.2, 0.25) is 0 Å². The number of nitrogens with two attached hydrogens (primary N) is 1. The number of carbonyl (C=O) groups is 1. The van der Waals surface area contributed by atoms with Gasteiger partial charge in [0.05, 0.1) is 0 Å². The molecule has 20 heavy (non-hydrogen) atoms. The molecule has 1 aromatic carbocycles. The van der Waals surface area contributed by atoms with Gasteiger partial charge < -0.3 is 15.8 Å². The molecule has 0 bridgehead atoms. The van der Waals surface area contributed by atoms with Crippen molar-refractivity contribution in [1.29, 1.82) is 0 Å². The molecule has 0 aliphatic carbocycles. The van der Waals surface area contributed by atoms with Crippen LogP contribution in [0.2, 0.25) is 0 Å². The first-order valence-electron chi connectivity index (χ1n) is 7.04. The van der Waals surface area contributed by atoms with Crippen LogP contribution in [0.15, 0.2) is 18.2 Å². The van der Waals surface area contributed by atoms with Gasteiger partial charge in [-0.05, 0) is 39.7 Å². The van der Waals surface area contributed by atoms with Gasteiger partial charge in [-0.15, -0.1) is 0 Å². The Morgan fingerprint density at radius 2 is 2.05 bits per heavy atom. The zero-order chi connectivity index (χ0) is 15.3. The summed E-state index contributed by atoms with van der Waals surface area (Å²) in [6, 6.07) is 5.98. The Bertz CT molecular complexity index is 464. The summed E-state index contributed by atoms with van der Waals surface area (Å²) in [4.78, 5) is 11.4. The summed E-state index contributed by atoms with van der Waals surface area (Å²) in [6.45, 7) is 10.9. The Hall–Kier alpha value is -1.55. The van der Waals surface area contributed by atoms with Crippen molar-refractivity contribution in [2.75, 3.05) is 0 Å². The van der Waals surface area contributed by atoms with E-state index in [4.69, 9.17) is 10.5 Å². The molecule has 1 aromatic rings. The van der Waals surface area contributed by atoms with E-state index in [9.17, 15) is 4.79 Å². The molecule has 1 unspecified atom stereocenters. The average molecular weight is 278 g/mol. The monoisotopic (exact) mass is 278 g/mol. The number of ether oxygens (including phenoxy) is 1. The number of benzene rings is 1. The number of amides is 1. The van der Waals surface area contributed by atoms with E-state index < -0.39 is 12.0 Å². The number of rotatable bonds is 6. The number of hydrogen-bond donors (Lipinski definition) is 2. The lowest BCUT2D eigenvalue weighted by Crippen LogP contribution is -2.36. The Balaban J connectivity index is 2.96. The highest BCUT2D eigenvalue weighted by Crippen LogP contribution is 2.25. The summed E-state index contributed by atoms with van der Waals surface area (Å²) < 4.78 is 5.84. The summed E-state index contributed by atoms with van der Waals surface area (Å²) in [5.41, 5.74) is 7.43. The Morgan fingerprint density at radius 3 is 2.55 bits per heavy atom. The van der Waals surface area contributed by atoms with Gasteiger partial charge in [-0.3, -0.25) is 4.79 Å². The van der Waals surface area contributed by atoms with Crippen LogP contribution in [-0.2, 0) is 11.3 Å². The third-order valence-electron chi connectivity index (χ3n) is 3.05. The van der Waals surface area contributed by atoms with Gasteiger partial charge in [-0.1, -0.05) is 25.1 Å². The molecule has 4 heteroatoms. The van der Waals surface area contributed by atoms with Crippen LogP contribution in [-0.4, -0.2) is 17.6 Å². The number of primary amides is 1. The molecule has 0 aliphatic heterocycles. The number of nitrogens with one attached hydrogen (secondary N) is 1. The van der Waals surface area contributed by atoms with E-state index in [0.717, 1.165) is 16.9 Å². The van der Waals surface area contributed by atoms with Crippen molar-refractivity contribution in [3.63, 3.8) is 0 Å². The maximum Gasteiger partial charge on any atom is 0.258 e. The van der Waals surface area contributed by atoms with E-state index in [1.165, 1.54) is 0 Å². The van der Waals surface area contributed by atoms with Gasteiger partial charge in [0, 0.05) is 17.6 Å². The van der Waals surface area contributed by atoms with Crippen molar-refractivity contribution >= 4 is 5.91 Å². The highest BCUT2D eigenvalue weighted by Gasteiger charge is 2.18. The number of hydrogen-bond acceptors (Lipinski definition) is 3. The normalized spacial score (nSPS) is 13.1. The van der Waals surface area contributed by atoms with Gasteiger partial charge in [0.15, 0.2) is 6.10 Å². The van der Waals surface area contributed by atoms with Crippen LogP contribution in [0.4, 0.5) is 0 Å². The van der Waals surface area contributed by atoms with Crippen LogP contribution in [0.5, 0.6) is 5.75 Å². The molecule has 0 saturated heterocycles. The van der Waals surface area contributed by atoms with Gasteiger partial charge in [-0.25, -0.2) is 0 Å². The van der Waals surface area contributed by atoms with E-state index in [2.05, 4.69) is 26.1 Å². The lowest BCUT2D eigenvalue weighted by molar-refractivity contribution is -0.124. The molecule has 0 aromatic heterocycles. The number of aryl methyl sites for hydroxylation is 1.